The second-order valence-electron chi connectivity index (χ2n) is 5.44. The van der Waals surface area contributed by atoms with Gasteiger partial charge in [0.15, 0.2) is 0 Å². The van der Waals surface area contributed by atoms with Crippen LogP contribution in [0.3, 0.4) is 0 Å². The number of aliphatic hydroxyl groups is 2. The van der Waals surface area contributed by atoms with E-state index in [9.17, 15) is 10.2 Å². The maximum Gasteiger partial charge on any atom is 0.0569 e. The standard InChI is InChI=1S/C15H22O3/c16-10-15(11-17,12-18-9-14-6-7-14)8-13-4-2-1-3-5-13/h1-5,14,16-17H,6-12H2. The van der Waals surface area contributed by atoms with E-state index in [1.165, 1.54) is 12.8 Å². The molecule has 18 heavy (non-hydrogen) atoms. The van der Waals surface area contributed by atoms with Gasteiger partial charge in [0.25, 0.3) is 0 Å². The molecule has 1 saturated carbocycles. The minimum absolute atomic E-state index is 0.0525. The molecular formula is C15H22O3. The van der Waals surface area contributed by atoms with Gasteiger partial charge in [-0.1, -0.05) is 30.3 Å². The Hall–Kier alpha value is -0.900. The smallest absolute Gasteiger partial charge is 0.0569 e. The molecule has 0 bridgehead atoms. The number of hydrogen-bond donors (Lipinski definition) is 2. The molecule has 2 N–H and O–H groups in total. The highest BCUT2D eigenvalue weighted by molar-refractivity contribution is 5.16. The van der Waals surface area contributed by atoms with Crippen molar-refractivity contribution in [2.45, 2.75) is 19.3 Å². The first-order chi connectivity index (χ1) is 8.78. The highest BCUT2D eigenvalue weighted by atomic mass is 16.5. The summed E-state index contributed by atoms with van der Waals surface area (Å²) in [5, 5.41) is 19.2. The molecule has 0 amide bonds. The molecule has 1 aromatic carbocycles. The van der Waals surface area contributed by atoms with Crippen molar-refractivity contribution in [1.82, 2.24) is 0 Å². The van der Waals surface area contributed by atoms with Gasteiger partial charge in [0.2, 0.25) is 0 Å². The highest BCUT2D eigenvalue weighted by Gasteiger charge is 2.31. The van der Waals surface area contributed by atoms with Crippen LogP contribution in [-0.2, 0) is 11.2 Å². The van der Waals surface area contributed by atoms with E-state index in [0.717, 1.165) is 12.2 Å². The van der Waals surface area contributed by atoms with Crippen LogP contribution in [0.2, 0.25) is 0 Å². The zero-order valence-electron chi connectivity index (χ0n) is 10.7. The van der Waals surface area contributed by atoms with Gasteiger partial charge in [-0.25, -0.2) is 0 Å². The van der Waals surface area contributed by atoms with E-state index >= 15 is 0 Å². The maximum absolute atomic E-state index is 9.58. The molecular weight excluding hydrogens is 228 g/mol. The molecule has 0 radical (unpaired) electrons. The Kier molecular flexibility index (Phi) is 4.75. The molecule has 2 rings (SSSR count). The minimum Gasteiger partial charge on any atom is -0.396 e. The monoisotopic (exact) mass is 250 g/mol. The summed E-state index contributed by atoms with van der Waals surface area (Å²) < 4.78 is 5.66. The first-order valence-corrected chi connectivity index (χ1v) is 6.61. The van der Waals surface area contributed by atoms with Crippen molar-refractivity contribution in [2.24, 2.45) is 11.3 Å². The first-order valence-electron chi connectivity index (χ1n) is 6.61. The lowest BCUT2D eigenvalue weighted by atomic mass is 9.84. The fourth-order valence-electron chi connectivity index (χ4n) is 2.06. The zero-order chi connectivity index (χ0) is 12.8. The fraction of sp³-hybridized carbons (Fsp3) is 0.600. The van der Waals surface area contributed by atoms with Gasteiger partial charge in [0.05, 0.1) is 19.8 Å². The molecule has 0 spiro atoms. The van der Waals surface area contributed by atoms with E-state index < -0.39 is 5.41 Å². The van der Waals surface area contributed by atoms with Gasteiger partial charge >= 0.3 is 0 Å². The number of rotatable bonds is 8. The largest absolute Gasteiger partial charge is 0.396 e. The molecule has 0 heterocycles. The average molecular weight is 250 g/mol. The van der Waals surface area contributed by atoms with Crippen LogP contribution >= 0.6 is 0 Å². The maximum atomic E-state index is 9.58. The van der Waals surface area contributed by atoms with E-state index in [0.29, 0.717) is 18.9 Å². The minimum atomic E-state index is -0.559. The lowest BCUT2D eigenvalue weighted by molar-refractivity contribution is -0.0300. The SMILES string of the molecule is OCC(CO)(COCC1CC1)Cc1ccccc1. The second-order valence-corrected chi connectivity index (χ2v) is 5.44. The number of benzene rings is 1. The highest BCUT2D eigenvalue weighted by Crippen LogP contribution is 2.30. The number of aliphatic hydroxyl groups excluding tert-OH is 2. The Morgan fingerprint density at radius 1 is 1.11 bits per heavy atom. The molecule has 0 aromatic heterocycles. The molecule has 0 aliphatic heterocycles. The first kappa shape index (κ1) is 13.5. The molecule has 3 nitrogen and oxygen atoms in total. The van der Waals surface area contributed by atoms with Crippen LogP contribution in [0, 0.1) is 11.3 Å². The molecule has 1 aromatic rings. The van der Waals surface area contributed by atoms with Gasteiger partial charge in [-0.2, -0.15) is 0 Å². The summed E-state index contributed by atoms with van der Waals surface area (Å²) >= 11 is 0. The Balaban J connectivity index is 1.91. The lowest BCUT2D eigenvalue weighted by Crippen LogP contribution is -2.37. The van der Waals surface area contributed by atoms with Crippen LogP contribution in [0.1, 0.15) is 18.4 Å². The van der Waals surface area contributed by atoms with Crippen LogP contribution in [0.25, 0.3) is 0 Å². The second kappa shape index (κ2) is 6.32. The predicted molar refractivity (Wildman–Crippen MR) is 70.3 cm³/mol. The van der Waals surface area contributed by atoms with Gasteiger partial charge in [-0.05, 0) is 30.7 Å². The quantitative estimate of drug-likeness (QED) is 0.737. The molecule has 1 aliphatic rings. The molecule has 1 fully saturated rings. The molecule has 1 aliphatic carbocycles. The zero-order valence-corrected chi connectivity index (χ0v) is 10.7. The van der Waals surface area contributed by atoms with E-state index in [1.54, 1.807) is 0 Å². The van der Waals surface area contributed by atoms with Crippen LogP contribution in [-0.4, -0.2) is 36.6 Å². The Morgan fingerprint density at radius 2 is 1.78 bits per heavy atom. The van der Waals surface area contributed by atoms with E-state index in [2.05, 4.69) is 0 Å². The number of ether oxygens (including phenoxy) is 1. The molecule has 3 heteroatoms. The van der Waals surface area contributed by atoms with Crippen molar-refractivity contribution in [1.29, 1.82) is 0 Å². The van der Waals surface area contributed by atoms with E-state index in [-0.39, 0.29) is 13.2 Å². The van der Waals surface area contributed by atoms with Gasteiger partial charge in [-0.3, -0.25) is 0 Å². The van der Waals surface area contributed by atoms with Gasteiger partial charge in [-0.15, -0.1) is 0 Å². The summed E-state index contributed by atoms with van der Waals surface area (Å²) in [7, 11) is 0. The van der Waals surface area contributed by atoms with Crippen molar-refractivity contribution >= 4 is 0 Å². The summed E-state index contributed by atoms with van der Waals surface area (Å²) in [6, 6.07) is 9.94. The van der Waals surface area contributed by atoms with Crippen molar-refractivity contribution in [3.8, 4) is 0 Å². The Bertz CT molecular complexity index is 342. The lowest BCUT2D eigenvalue weighted by Gasteiger charge is -2.29. The van der Waals surface area contributed by atoms with Crippen molar-refractivity contribution < 1.29 is 14.9 Å². The molecule has 100 valence electrons. The summed E-state index contributed by atoms with van der Waals surface area (Å²) in [5.74, 6) is 0.705. The van der Waals surface area contributed by atoms with Gasteiger partial charge < -0.3 is 14.9 Å². The summed E-state index contributed by atoms with van der Waals surface area (Å²) in [6.07, 6.45) is 3.15. The van der Waals surface area contributed by atoms with E-state index in [4.69, 9.17) is 4.74 Å². The van der Waals surface area contributed by atoms with Crippen LogP contribution in [0.5, 0.6) is 0 Å². The Morgan fingerprint density at radius 3 is 2.33 bits per heavy atom. The van der Waals surface area contributed by atoms with Crippen LogP contribution in [0.15, 0.2) is 30.3 Å². The van der Waals surface area contributed by atoms with Crippen molar-refractivity contribution in [3.63, 3.8) is 0 Å². The topological polar surface area (TPSA) is 49.7 Å². The third kappa shape index (κ3) is 3.80. The predicted octanol–water partition coefficient (Wildman–Crippen LogP) is 1.63. The Labute approximate surface area is 108 Å². The molecule has 0 saturated heterocycles. The average Bonchev–Trinajstić information content (AvgIpc) is 3.23. The van der Waals surface area contributed by atoms with Crippen molar-refractivity contribution in [2.75, 3.05) is 26.4 Å². The normalized spacial score (nSPS) is 15.9. The van der Waals surface area contributed by atoms with Gasteiger partial charge in [0.1, 0.15) is 0 Å². The third-order valence-corrected chi connectivity index (χ3v) is 3.55. The summed E-state index contributed by atoms with van der Waals surface area (Å²) in [4.78, 5) is 0. The summed E-state index contributed by atoms with van der Waals surface area (Å²) in [6.45, 7) is 1.08. The molecule has 0 atom stereocenters. The van der Waals surface area contributed by atoms with Crippen molar-refractivity contribution in [3.05, 3.63) is 35.9 Å². The van der Waals surface area contributed by atoms with Crippen LogP contribution in [0.4, 0.5) is 0 Å². The fourth-order valence-corrected chi connectivity index (χ4v) is 2.06. The number of hydrogen-bond acceptors (Lipinski definition) is 3. The van der Waals surface area contributed by atoms with Gasteiger partial charge in [0, 0.05) is 12.0 Å². The molecule has 0 unspecified atom stereocenters. The third-order valence-electron chi connectivity index (χ3n) is 3.55. The summed E-state index contributed by atoms with van der Waals surface area (Å²) in [5.41, 5.74) is 0.562. The van der Waals surface area contributed by atoms with Crippen LogP contribution < -0.4 is 0 Å². The van der Waals surface area contributed by atoms with E-state index in [1.807, 2.05) is 30.3 Å².